The Morgan fingerprint density at radius 1 is 0.338 bits per heavy atom. The molecule has 0 radical (unpaired) electrons. The standard InChI is InChI=1S/C61H42N4/c1-6-22-47(23-7-1)61(48-24-8-2-9-25-48)56-39-45(46-41-62-60(63-42-46)65(51-30-14-5-15-31-51)52-36-34-43-20-16-17-21-44(43)38-52)35-37-55(56)59-54-33-19-18-32-53(54)58(40-57(59)61)64(49-26-10-3-11-27-49)50-28-12-4-13-29-50/h1-42H. The maximum Gasteiger partial charge on any atom is 0.234 e. The van der Waals surface area contributed by atoms with Crippen molar-refractivity contribution in [2.24, 2.45) is 0 Å². The number of para-hydroxylation sites is 3. The molecule has 0 spiro atoms. The lowest BCUT2D eigenvalue weighted by atomic mass is 9.67. The molecular formula is C61H42N4. The van der Waals surface area contributed by atoms with E-state index in [4.69, 9.17) is 9.97 Å². The Bertz CT molecular complexity index is 3390. The molecule has 0 amide bonds. The molecule has 0 bridgehead atoms. The van der Waals surface area contributed by atoms with Gasteiger partial charge in [-0.05, 0) is 116 Å². The Hall–Kier alpha value is -8.60. The Labute approximate surface area is 379 Å². The molecule has 1 aliphatic carbocycles. The summed E-state index contributed by atoms with van der Waals surface area (Å²) in [7, 11) is 0. The molecule has 1 aliphatic rings. The fraction of sp³-hybridized carbons (Fsp3) is 0.0164. The summed E-state index contributed by atoms with van der Waals surface area (Å²) in [6.07, 6.45) is 3.95. The van der Waals surface area contributed by atoms with Gasteiger partial charge >= 0.3 is 0 Å². The first kappa shape index (κ1) is 38.1. The van der Waals surface area contributed by atoms with Crippen molar-refractivity contribution >= 4 is 55.9 Å². The summed E-state index contributed by atoms with van der Waals surface area (Å²) in [4.78, 5) is 14.8. The average Bonchev–Trinajstić information content (AvgIpc) is 3.68. The molecule has 65 heavy (non-hydrogen) atoms. The quantitative estimate of drug-likeness (QED) is 0.145. The summed E-state index contributed by atoms with van der Waals surface area (Å²) >= 11 is 0. The molecule has 4 heteroatoms. The van der Waals surface area contributed by atoms with E-state index in [1.165, 1.54) is 49.5 Å². The molecule has 11 aromatic rings. The zero-order valence-electron chi connectivity index (χ0n) is 35.5. The van der Waals surface area contributed by atoms with Gasteiger partial charge in [-0.1, -0.05) is 182 Å². The third-order valence-electron chi connectivity index (χ3n) is 13.0. The van der Waals surface area contributed by atoms with Crippen molar-refractivity contribution in [1.82, 2.24) is 9.97 Å². The largest absolute Gasteiger partial charge is 0.310 e. The highest BCUT2D eigenvalue weighted by Gasteiger charge is 2.47. The molecule has 0 aliphatic heterocycles. The van der Waals surface area contributed by atoms with Gasteiger partial charge in [0.05, 0.1) is 11.1 Å². The molecular weight excluding hydrogens is 789 g/mol. The van der Waals surface area contributed by atoms with Crippen LogP contribution in [0, 0.1) is 0 Å². The van der Waals surface area contributed by atoms with E-state index in [-0.39, 0.29) is 0 Å². The van der Waals surface area contributed by atoms with Crippen LogP contribution in [0.3, 0.4) is 0 Å². The van der Waals surface area contributed by atoms with Gasteiger partial charge in [0.1, 0.15) is 0 Å². The predicted molar refractivity (Wildman–Crippen MR) is 269 cm³/mol. The Morgan fingerprint density at radius 3 is 1.45 bits per heavy atom. The third kappa shape index (κ3) is 6.38. The maximum atomic E-state index is 5.11. The van der Waals surface area contributed by atoms with Crippen molar-refractivity contribution in [2.75, 3.05) is 9.80 Å². The second kappa shape index (κ2) is 15.9. The Morgan fingerprint density at radius 2 is 0.846 bits per heavy atom. The molecule has 1 aromatic heterocycles. The normalized spacial score (nSPS) is 12.4. The first-order valence-electron chi connectivity index (χ1n) is 22.1. The van der Waals surface area contributed by atoms with Gasteiger partial charge in [-0.3, -0.25) is 4.90 Å². The lowest BCUT2D eigenvalue weighted by Crippen LogP contribution is -2.29. The third-order valence-corrected chi connectivity index (χ3v) is 13.0. The molecule has 306 valence electrons. The molecule has 4 nitrogen and oxygen atoms in total. The van der Waals surface area contributed by atoms with E-state index in [1.54, 1.807) is 0 Å². The average molecular weight is 831 g/mol. The first-order chi connectivity index (χ1) is 32.3. The maximum absolute atomic E-state index is 5.11. The minimum absolute atomic E-state index is 0.604. The smallest absolute Gasteiger partial charge is 0.234 e. The number of fused-ring (bicyclic) bond motifs is 6. The van der Waals surface area contributed by atoms with Crippen molar-refractivity contribution in [2.45, 2.75) is 5.41 Å². The van der Waals surface area contributed by atoms with Crippen molar-refractivity contribution in [3.63, 3.8) is 0 Å². The minimum Gasteiger partial charge on any atom is -0.310 e. The number of aromatic nitrogens is 2. The van der Waals surface area contributed by atoms with Gasteiger partial charge in [0.2, 0.25) is 5.95 Å². The van der Waals surface area contributed by atoms with Gasteiger partial charge in [0, 0.05) is 46.1 Å². The van der Waals surface area contributed by atoms with Gasteiger partial charge in [0.15, 0.2) is 0 Å². The van der Waals surface area contributed by atoms with Crippen LogP contribution in [0.1, 0.15) is 22.3 Å². The molecule has 12 rings (SSSR count). The molecule has 0 saturated heterocycles. The number of benzene rings is 10. The highest BCUT2D eigenvalue weighted by molar-refractivity contribution is 6.11. The number of rotatable bonds is 9. The number of hydrogen-bond acceptors (Lipinski definition) is 4. The van der Waals surface area contributed by atoms with Crippen LogP contribution in [0.2, 0.25) is 0 Å². The summed E-state index contributed by atoms with van der Waals surface area (Å²) in [6, 6.07) is 87.2. The lowest BCUT2D eigenvalue weighted by molar-refractivity contribution is 0.769. The highest BCUT2D eigenvalue weighted by atomic mass is 15.3. The SMILES string of the molecule is c1ccc(N(c2ccc3ccccc3c2)c2ncc(-c3ccc4c(c3)C(c3ccccc3)(c3ccccc3)c3cc(N(c5ccccc5)c5ccccc5)c5ccccc5c3-4)cn2)cc1. The van der Waals surface area contributed by atoms with Crippen LogP contribution >= 0.6 is 0 Å². The van der Waals surface area contributed by atoms with Crippen molar-refractivity contribution in [1.29, 1.82) is 0 Å². The fourth-order valence-electron chi connectivity index (χ4n) is 10.1. The van der Waals surface area contributed by atoms with Crippen molar-refractivity contribution in [3.05, 3.63) is 277 Å². The molecule has 0 saturated carbocycles. The summed E-state index contributed by atoms with van der Waals surface area (Å²) in [5.74, 6) is 0.604. The second-order valence-corrected chi connectivity index (χ2v) is 16.6. The van der Waals surface area contributed by atoms with Crippen LogP contribution in [0.25, 0.3) is 43.8 Å². The topological polar surface area (TPSA) is 32.3 Å². The van der Waals surface area contributed by atoms with Crippen LogP contribution < -0.4 is 9.80 Å². The monoisotopic (exact) mass is 830 g/mol. The van der Waals surface area contributed by atoms with Gasteiger partial charge in [-0.25, -0.2) is 9.97 Å². The summed E-state index contributed by atoms with van der Waals surface area (Å²) in [6.45, 7) is 0. The molecule has 1 heterocycles. The van der Waals surface area contributed by atoms with Gasteiger partial charge < -0.3 is 4.90 Å². The van der Waals surface area contributed by atoms with Crippen molar-refractivity contribution in [3.8, 4) is 22.3 Å². The van der Waals surface area contributed by atoms with E-state index in [9.17, 15) is 0 Å². The van der Waals surface area contributed by atoms with Crippen molar-refractivity contribution < 1.29 is 0 Å². The lowest BCUT2D eigenvalue weighted by Gasteiger charge is -2.35. The first-order valence-corrected chi connectivity index (χ1v) is 22.1. The number of nitrogens with zero attached hydrogens (tertiary/aromatic N) is 4. The van der Waals surface area contributed by atoms with Gasteiger partial charge in [-0.15, -0.1) is 0 Å². The predicted octanol–water partition coefficient (Wildman–Crippen LogP) is 15.8. The van der Waals surface area contributed by atoms with E-state index >= 15 is 0 Å². The molecule has 0 atom stereocenters. The van der Waals surface area contributed by atoms with Crippen LogP contribution in [-0.4, -0.2) is 9.97 Å². The van der Waals surface area contributed by atoms with Crippen LogP contribution in [0.5, 0.6) is 0 Å². The molecule has 10 aromatic carbocycles. The number of anilines is 6. The Kier molecular flexibility index (Phi) is 9.35. The summed E-state index contributed by atoms with van der Waals surface area (Å²) in [5, 5.41) is 4.75. The molecule has 0 fully saturated rings. The van der Waals surface area contributed by atoms with E-state index in [1.807, 2.05) is 18.5 Å². The summed E-state index contributed by atoms with van der Waals surface area (Å²) < 4.78 is 0. The zero-order chi connectivity index (χ0) is 43.2. The van der Waals surface area contributed by atoms with Crippen LogP contribution in [0.15, 0.2) is 255 Å². The minimum atomic E-state index is -0.665. The summed E-state index contributed by atoms with van der Waals surface area (Å²) in [5.41, 5.74) is 14.0. The van der Waals surface area contributed by atoms with Crippen LogP contribution in [0.4, 0.5) is 34.4 Å². The van der Waals surface area contributed by atoms with Gasteiger partial charge in [-0.2, -0.15) is 0 Å². The molecule has 0 N–H and O–H groups in total. The van der Waals surface area contributed by atoms with E-state index < -0.39 is 5.41 Å². The zero-order valence-corrected chi connectivity index (χ0v) is 35.5. The number of hydrogen-bond donors (Lipinski definition) is 0. The van der Waals surface area contributed by atoms with E-state index in [0.717, 1.165) is 45.0 Å². The molecule has 0 unspecified atom stereocenters. The Balaban J connectivity index is 1.07. The second-order valence-electron chi connectivity index (χ2n) is 16.6. The highest BCUT2D eigenvalue weighted by Crippen LogP contribution is 2.60. The fourth-order valence-corrected chi connectivity index (χ4v) is 10.1. The van der Waals surface area contributed by atoms with E-state index in [2.05, 4.69) is 246 Å². The van der Waals surface area contributed by atoms with Gasteiger partial charge in [0.25, 0.3) is 0 Å². The van der Waals surface area contributed by atoms with Crippen LogP contribution in [-0.2, 0) is 5.41 Å². The van der Waals surface area contributed by atoms with E-state index in [0.29, 0.717) is 5.95 Å².